The van der Waals surface area contributed by atoms with Gasteiger partial charge in [-0.3, -0.25) is 4.90 Å². The van der Waals surface area contributed by atoms with Crippen molar-refractivity contribution in [1.29, 1.82) is 0 Å². The van der Waals surface area contributed by atoms with Crippen LogP contribution in [0.3, 0.4) is 0 Å². The van der Waals surface area contributed by atoms with Crippen LogP contribution in [-0.4, -0.2) is 29.6 Å². The molecule has 1 aromatic rings. The molecular weight excluding hydrogens is 251 g/mol. The third-order valence-electron chi connectivity index (χ3n) is 4.98. The predicted molar refractivity (Wildman–Crippen MR) is 80.0 cm³/mol. The van der Waals surface area contributed by atoms with Crippen LogP contribution in [0.25, 0.3) is 0 Å². The molecule has 2 unspecified atom stereocenters. The molecule has 3 heteroatoms. The maximum atomic E-state index is 13.4. The Morgan fingerprint density at radius 1 is 1.40 bits per heavy atom. The van der Waals surface area contributed by atoms with E-state index < -0.39 is 0 Å². The summed E-state index contributed by atoms with van der Waals surface area (Å²) in [6, 6.07) is 7.68. The molecule has 2 atom stereocenters. The summed E-state index contributed by atoms with van der Waals surface area (Å²) in [5.41, 5.74) is 1.29. The Labute approximate surface area is 121 Å². The first-order valence-corrected chi connectivity index (χ1v) is 7.83. The van der Waals surface area contributed by atoms with Crippen molar-refractivity contribution >= 4 is 0 Å². The van der Waals surface area contributed by atoms with Gasteiger partial charge in [-0.05, 0) is 49.8 Å². The summed E-state index contributed by atoms with van der Waals surface area (Å²) in [6.45, 7) is 7.54. The summed E-state index contributed by atoms with van der Waals surface area (Å²) in [6.07, 6.45) is 3.84. The van der Waals surface area contributed by atoms with Gasteiger partial charge in [0.1, 0.15) is 5.82 Å². The van der Waals surface area contributed by atoms with Crippen molar-refractivity contribution in [2.75, 3.05) is 13.1 Å². The largest absolute Gasteiger partial charge is 0.309 e. The highest BCUT2D eigenvalue weighted by Crippen LogP contribution is 2.38. The molecular formula is C17H25FN2. The maximum absolute atomic E-state index is 13.4. The summed E-state index contributed by atoms with van der Waals surface area (Å²) >= 11 is 0. The minimum Gasteiger partial charge on any atom is -0.309 e. The monoisotopic (exact) mass is 276 g/mol. The molecule has 0 bridgehead atoms. The first-order chi connectivity index (χ1) is 9.59. The number of halogens is 1. The van der Waals surface area contributed by atoms with Crippen LogP contribution in [0.5, 0.6) is 0 Å². The third-order valence-corrected chi connectivity index (χ3v) is 4.98. The van der Waals surface area contributed by atoms with E-state index in [1.54, 1.807) is 6.07 Å². The highest BCUT2D eigenvalue weighted by molar-refractivity contribution is 5.17. The topological polar surface area (TPSA) is 15.3 Å². The fourth-order valence-corrected chi connectivity index (χ4v) is 3.33. The first kappa shape index (κ1) is 14.0. The predicted octanol–water partition coefficient (Wildman–Crippen LogP) is 3.18. The van der Waals surface area contributed by atoms with Crippen molar-refractivity contribution in [3.63, 3.8) is 0 Å². The molecule has 1 aliphatic carbocycles. The molecule has 1 N–H and O–H groups in total. The van der Waals surface area contributed by atoms with E-state index in [9.17, 15) is 4.39 Å². The van der Waals surface area contributed by atoms with E-state index >= 15 is 0 Å². The van der Waals surface area contributed by atoms with Crippen molar-refractivity contribution in [1.82, 2.24) is 10.2 Å². The van der Waals surface area contributed by atoms with E-state index in [1.165, 1.54) is 18.9 Å². The van der Waals surface area contributed by atoms with Gasteiger partial charge in [-0.1, -0.05) is 19.1 Å². The number of nitrogens with one attached hydrogen (secondary N) is 1. The van der Waals surface area contributed by atoms with Gasteiger partial charge in [0.05, 0.1) is 0 Å². The summed E-state index contributed by atoms with van der Waals surface area (Å²) in [4.78, 5) is 2.58. The molecule has 20 heavy (non-hydrogen) atoms. The molecule has 3 rings (SSSR count). The molecule has 2 fully saturated rings. The standard InChI is InChI=1S/C17H25FN2/c1-3-17(2)12-20(16(10-19-17)14-7-8-14)11-13-5-4-6-15(18)9-13/h4-6,9,14,16,19H,3,7-8,10-12H2,1-2H3. The van der Waals surface area contributed by atoms with E-state index in [0.29, 0.717) is 6.04 Å². The first-order valence-electron chi connectivity index (χ1n) is 7.83. The summed E-state index contributed by atoms with van der Waals surface area (Å²) in [5.74, 6) is 0.719. The van der Waals surface area contributed by atoms with Gasteiger partial charge in [-0.2, -0.15) is 0 Å². The lowest BCUT2D eigenvalue weighted by Crippen LogP contribution is -2.62. The van der Waals surface area contributed by atoms with Crippen molar-refractivity contribution < 1.29 is 4.39 Å². The second kappa shape index (κ2) is 5.45. The van der Waals surface area contributed by atoms with Crippen LogP contribution in [0.4, 0.5) is 4.39 Å². The van der Waals surface area contributed by atoms with Gasteiger partial charge in [0.25, 0.3) is 0 Å². The second-order valence-electron chi connectivity index (χ2n) is 6.73. The van der Waals surface area contributed by atoms with Gasteiger partial charge in [0, 0.05) is 31.2 Å². The lowest BCUT2D eigenvalue weighted by molar-refractivity contribution is 0.0661. The molecule has 0 radical (unpaired) electrons. The quantitative estimate of drug-likeness (QED) is 0.908. The number of rotatable bonds is 4. The van der Waals surface area contributed by atoms with Crippen molar-refractivity contribution in [3.05, 3.63) is 35.6 Å². The molecule has 0 amide bonds. The maximum Gasteiger partial charge on any atom is 0.123 e. The average Bonchev–Trinajstić information content (AvgIpc) is 3.23. The number of benzene rings is 1. The minimum absolute atomic E-state index is 0.126. The second-order valence-corrected chi connectivity index (χ2v) is 6.73. The van der Waals surface area contributed by atoms with Crippen LogP contribution in [-0.2, 0) is 6.54 Å². The Kier molecular flexibility index (Phi) is 3.83. The summed E-state index contributed by atoms with van der Waals surface area (Å²) in [5, 5.41) is 3.73. The van der Waals surface area contributed by atoms with Crippen LogP contribution in [0.2, 0.25) is 0 Å². The molecule has 0 aromatic heterocycles. The molecule has 1 saturated heterocycles. The van der Waals surface area contributed by atoms with Gasteiger partial charge >= 0.3 is 0 Å². The Morgan fingerprint density at radius 3 is 2.85 bits per heavy atom. The molecule has 110 valence electrons. The van der Waals surface area contributed by atoms with Crippen LogP contribution >= 0.6 is 0 Å². The molecule has 2 aliphatic rings. The average molecular weight is 276 g/mol. The Bertz CT molecular complexity index is 472. The molecule has 1 saturated carbocycles. The Morgan fingerprint density at radius 2 is 2.20 bits per heavy atom. The van der Waals surface area contributed by atoms with E-state index in [4.69, 9.17) is 0 Å². The lowest BCUT2D eigenvalue weighted by atomic mass is 9.91. The van der Waals surface area contributed by atoms with Crippen LogP contribution in [0.15, 0.2) is 24.3 Å². The molecule has 2 nitrogen and oxygen atoms in total. The van der Waals surface area contributed by atoms with E-state index in [1.807, 2.05) is 12.1 Å². The summed E-state index contributed by atoms with van der Waals surface area (Å²) < 4.78 is 13.4. The smallest absolute Gasteiger partial charge is 0.123 e. The number of piperazine rings is 1. The van der Waals surface area contributed by atoms with E-state index in [2.05, 4.69) is 24.1 Å². The normalized spacial score (nSPS) is 31.4. The van der Waals surface area contributed by atoms with Crippen LogP contribution in [0.1, 0.15) is 38.7 Å². The van der Waals surface area contributed by atoms with Gasteiger partial charge in [0.15, 0.2) is 0 Å². The fraction of sp³-hybridized carbons (Fsp3) is 0.647. The van der Waals surface area contributed by atoms with Gasteiger partial charge in [0.2, 0.25) is 0 Å². The zero-order valence-corrected chi connectivity index (χ0v) is 12.5. The van der Waals surface area contributed by atoms with Crippen molar-refractivity contribution in [3.8, 4) is 0 Å². The lowest BCUT2D eigenvalue weighted by Gasteiger charge is -2.46. The highest BCUT2D eigenvalue weighted by atomic mass is 19.1. The Balaban J connectivity index is 1.75. The number of hydrogen-bond acceptors (Lipinski definition) is 2. The van der Waals surface area contributed by atoms with Crippen LogP contribution in [0, 0.1) is 11.7 Å². The van der Waals surface area contributed by atoms with Gasteiger partial charge in [-0.25, -0.2) is 4.39 Å². The highest BCUT2D eigenvalue weighted by Gasteiger charge is 2.41. The zero-order chi connectivity index (χ0) is 14.2. The fourth-order valence-electron chi connectivity index (χ4n) is 3.33. The van der Waals surface area contributed by atoms with E-state index in [0.717, 1.165) is 37.5 Å². The molecule has 1 aliphatic heterocycles. The van der Waals surface area contributed by atoms with Crippen LogP contribution < -0.4 is 5.32 Å². The molecule has 1 aromatic carbocycles. The van der Waals surface area contributed by atoms with Crippen molar-refractivity contribution in [2.45, 2.75) is 51.2 Å². The summed E-state index contributed by atoms with van der Waals surface area (Å²) in [7, 11) is 0. The Hall–Kier alpha value is -0.930. The SMILES string of the molecule is CCC1(C)CN(Cc2cccc(F)c2)C(C2CC2)CN1. The molecule has 0 spiro atoms. The van der Waals surface area contributed by atoms with Crippen molar-refractivity contribution in [2.24, 2.45) is 5.92 Å². The molecule has 1 heterocycles. The van der Waals surface area contributed by atoms with Gasteiger partial charge in [-0.15, -0.1) is 0 Å². The third kappa shape index (κ3) is 3.04. The number of hydrogen-bond donors (Lipinski definition) is 1. The minimum atomic E-state index is -0.126. The van der Waals surface area contributed by atoms with Gasteiger partial charge < -0.3 is 5.32 Å². The zero-order valence-electron chi connectivity index (χ0n) is 12.5. The van der Waals surface area contributed by atoms with E-state index in [-0.39, 0.29) is 11.4 Å². The number of nitrogens with zero attached hydrogens (tertiary/aromatic N) is 1.